The number of aliphatic carboxylic acids is 1. The van der Waals surface area contributed by atoms with Gasteiger partial charge in [0.15, 0.2) is 0 Å². The minimum absolute atomic E-state index is 0.410. The van der Waals surface area contributed by atoms with Gasteiger partial charge >= 0.3 is 5.97 Å². The average molecular weight is 229 g/mol. The first kappa shape index (κ1) is 13.5. The van der Waals surface area contributed by atoms with Gasteiger partial charge in [-0.25, -0.2) is 0 Å². The van der Waals surface area contributed by atoms with Gasteiger partial charge in [-0.15, -0.1) is 0 Å². The molecule has 4 heteroatoms. The van der Waals surface area contributed by atoms with Crippen molar-refractivity contribution in [1.29, 1.82) is 0 Å². The smallest absolute Gasteiger partial charge is 0.310 e. The number of hydrogen-bond acceptors (Lipinski definition) is 3. The second-order valence-corrected chi connectivity index (χ2v) is 4.79. The van der Waals surface area contributed by atoms with Gasteiger partial charge in [0.25, 0.3) is 0 Å². The van der Waals surface area contributed by atoms with E-state index < -0.39 is 11.4 Å². The third kappa shape index (κ3) is 2.74. The fraction of sp³-hybridized carbons (Fsp3) is 0.917. The first-order valence-corrected chi connectivity index (χ1v) is 6.02. The quantitative estimate of drug-likeness (QED) is 0.751. The van der Waals surface area contributed by atoms with Crippen molar-refractivity contribution in [2.75, 3.05) is 26.8 Å². The number of likely N-dealkylation sites (tertiary alicyclic amines) is 1. The van der Waals surface area contributed by atoms with Gasteiger partial charge in [-0.1, -0.05) is 6.92 Å². The maximum Gasteiger partial charge on any atom is 0.310 e. The molecule has 1 rings (SSSR count). The maximum atomic E-state index is 11.3. The summed E-state index contributed by atoms with van der Waals surface area (Å²) in [5, 5.41) is 9.29. The van der Waals surface area contributed by atoms with E-state index in [0.29, 0.717) is 12.6 Å². The van der Waals surface area contributed by atoms with Crippen molar-refractivity contribution >= 4 is 5.97 Å². The number of ether oxygens (including phenoxy) is 1. The van der Waals surface area contributed by atoms with Crippen LogP contribution in [0, 0.1) is 5.41 Å². The van der Waals surface area contributed by atoms with Gasteiger partial charge in [-0.3, -0.25) is 9.69 Å². The Bertz CT molecular complexity index is 244. The Kier molecular flexibility index (Phi) is 4.74. The highest BCUT2D eigenvalue weighted by molar-refractivity contribution is 5.75. The fourth-order valence-electron chi connectivity index (χ4n) is 2.37. The number of carboxylic acid groups (broad SMARTS) is 1. The SMILES string of the molecule is CCC1(C(=O)O)CCN(C(C)CCOC)C1. The molecular weight excluding hydrogens is 206 g/mol. The molecule has 0 aromatic heterocycles. The van der Waals surface area contributed by atoms with Crippen LogP contribution in [0.25, 0.3) is 0 Å². The summed E-state index contributed by atoms with van der Waals surface area (Å²) in [6.45, 7) is 6.43. The number of nitrogens with zero attached hydrogens (tertiary/aromatic N) is 1. The molecule has 0 saturated carbocycles. The predicted octanol–water partition coefficient (Wildman–Crippen LogP) is 1.60. The molecule has 94 valence electrons. The molecule has 1 aliphatic rings. The zero-order valence-corrected chi connectivity index (χ0v) is 10.5. The van der Waals surface area contributed by atoms with Crippen molar-refractivity contribution < 1.29 is 14.6 Å². The average Bonchev–Trinajstić information content (AvgIpc) is 2.71. The van der Waals surface area contributed by atoms with Crippen molar-refractivity contribution in [3.8, 4) is 0 Å². The Labute approximate surface area is 97.6 Å². The summed E-state index contributed by atoms with van der Waals surface area (Å²) in [4.78, 5) is 13.6. The van der Waals surface area contributed by atoms with Gasteiger partial charge in [0.05, 0.1) is 5.41 Å². The largest absolute Gasteiger partial charge is 0.481 e. The molecule has 4 nitrogen and oxygen atoms in total. The standard InChI is InChI=1S/C12H23NO3/c1-4-12(11(14)15)6-7-13(9-12)10(2)5-8-16-3/h10H,4-9H2,1-3H3,(H,14,15). The lowest BCUT2D eigenvalue weighted by Crippen LogP contribution is -2.37. The molecule has 0 radical (unpaired) electrons. The lowest BCUT2D eigenvalue weighted by atomic mass is 9.84. The highest BCUT2D eigenvalue weighted by Gasteiger charge is 2.44. The Morgan fingerprint density at radius 3 is 2.75 bits per heavy atom. The Hall–Kier alpha value is -0.610. The number of methoxy groups -OCH3 is 1. The predicted molar refractivity (Wildman–Crippen MR) is 62.5 cm³/mol. The first-order valence-electron chi connectivity index (χ1n) is 6.02. The van der Waals surface area contributed by atoms with Gasteiger partial charge in [-0.2, -0.15) is 0 Å². The molecule has 0 aromatic rings. The van der Waals surface area contributed by atoms with Crippen molar-refractivity contribution in [1.82, 2.24) is 4.90 Å². The van der Waals surface area contributed by atoms with E-state index in [1.165, 1.54) is 0 Å². The first-order chi connectivity index (χ1) is 7.55. The number of hydrogen-bond donors (Lipinski definition) is 1. The summed E-state index contributed by atoms with van der Waals surface area (Å²) in [5.74, 6) is -0.642. The Morgan fingerprint density at radius 2 is 2.31 bits per heavy atom. The molecule has 1 saturated heterocycles. The molecule has 1 aliphatic heterocycles. The van der Waals surface area contributed by atoms with Crippen LogP contribution >= 0.6 is 0 Å². The fourth-order valence-corrected chi connectivity index (χ4v) is 2.37. The number of carbonyl (C=O) groups is 1. The van der Waals surface area contributed by atoms with Crippen molar-refractivity contribution in [2.24, 2.45) is 5.41 Å². The van der Waals surface area contributed by atoms with Gasteiger partial charge in [0, 0.05) is 26.3 Å². The Balaban J connectivity index is 2.53. The van der Waals surface area contributed by atoms with Crippen LogP contribution in [0.1, 0.15) is 33.1 Å². The second kappa shape index (κ2) is 5.64. The van der Waals surface area contributed by atoms with E-state index in [0.717, 1.165) is 32.4 Å². The van der Waals surface area contributed by atoms with Crippen LogP contribution in [0.2, 0.25) is 0 Å². The van der Waals surface area contributed by atoms with Crippen molar-refractivity contribution in [3.63, 3.8) is 0 Å². The topological polar surface area (TPSA) is 49.8 Å². The van der Waals surface area contributed by atoms with Crippen molar-refractivity contribution in [3.05, 3.63) is 0 Å². The number of rotatable bonds is 6. The minimum Gasteiger partial charge on any atom is -0.481 e. The minimum atomic E-state index is -0.642. The molecule has 2 unspecified atom stereocenters. The van der Waals surface area contributed by atoms with Gasteiger partial charge in [0.1, 0.15) is 0 Å². The normalized spacial score (nSPS) is 28.2. The monoisotopic (exact) mass is 229 g/mol. The second-order valence-electron chi connectivity index (χ2n) is 4.79. The van der Waals surface area contributed by atoms with E-state index in [4.69, 9.17) is 4.74 Å². The van der Waals surface area contributed by atoms with Crippen LogP contribution in [-0.2, 0) is 9.53 Å². The van der Waals surface area contributed by atoms with E-state index >= 15 is 0 Å². The van der Waals surface area contributed by atoms with Gasteiger partial charge in [-0.05, 0) is 32.7 Å². The van der Waals surface area contributed by atoms with Crippen molar-refractivity contribution in [2.45, 2.75) is 39.2 Å². The lowest BCUT2D eigenvalue weighted by Gasteiger charge is -2.27. The molecule has 1 heterocycles. The summed E-state index contributed by atoms with van der Waals surface area (Å²) in [5.41, 5.74) is -0.513. The zero-order chi connectivity index (χ0) is 12.2. The highest BCUT2D eigenvalue weighted by atomic mass is 16.5. The molecule has 0 spiro atoms. The molecule has 2 atom stereocenters. The third-order valence-electron chi connectivity index (χ3n) is 3.88. The van der Waals surface area contributed by atoms with Gasteiger partial charge in [0.2, 0.25) is 0 Å². The third-order valence-corrected chi connectivity index (χ3v) is 3.88. The lowest BCUT2D eigenvalue weighted by molar-refractivity contribution is -0.148. The number of carboxylic acids is 1. The van der Waals surface area contributed by atoms with E-state index in [1.807, 2.05) is 6.92 Å². The molecular formula is C12H23NO3. The molecule has 1 N–H and O–H groups in total. The molecule has 0 amide bonds. The summed E-state index contributed by atoms with van der Waals surface area (Å²) in [7, 11) is 1.70. The van der Waals surface area contributed by atoms with Crippen LogP contribution < -0.4 is 0 Å². The van der Waals surface area contributed by atoms with Crippen LogP contribution in [0.15, 0.2) is 0 Å². The van der Waals surface area contributed by atoms with E-state index in [9.17, 15) is 9.90 Å². The van der Waals surface area contributed by atoms with Crippen LogP contribution in [0.4, 0.5) is 0 Å². The summed E-state index contributed by atoms with van der Waals surface area (Å²) in [6, 6.07) is 0.410. The summed E-state index contributed by atoms with van der Waals surface area (Å²) < 4.78 is 5.05. The molecule has 0 bridgehead atoms. The maximum absolute atomic E-state index is 11.3. The highest BCUT2D eigenvalue weighted by Crippen LogP contribution is 2.35. The summed E-state index contributed by atoms with van der Waals surface area (Å²) >= 11 is 0. The van der Waals surface area contributed by atoms with Gasteiger partial charge < -0.3 is 9.84 Å². The summed E-state index contributed by atoms with van der Waals surface area (Å²) in [6.07, 6.45) is 2.46. The molecule has 0 aliphatic carbocycles. The van der Waals surface area contributed by atoms with Crippen LogP contribution in [0.5, 0.6) is 0 Å². The Morgan fingerprint density at radius 1 is 1.62 bits per heavy atom. The zero-order valence-electron chi connectivity index (χ0n) is 10.5. The van der Waals surface area contributed by atoms with E-state index in [1.54, 1.807) is 7.11 Å². The van der Waals surface area contributed by atoms with Crippen LogP contribution in [0.3, 0.4) is 0 Å². The van der Waals surface area contributed by atoms with E-state index in [2.05, 4.69) is 11.8 Å². The molecule has 1 fully saturated rings. The molecule has 16 heavy (non-hydrogen) atoms. The molecule has 0 aromatic carbocycles. The van der Waals surface area contributed by atoms with Crippen LogP contribution in [-0.4, -0.2) is 48.8 Å². The van der Waals surface area contributed by atoms with E-state index in [-0.39, 0.29) is 0 Å².